The molecule has 4 aliphatic rings. The predicted molar refractivity (Wildman–Crippen MR) is 140 cm³/mol. The van der Waals surface area contributed by atoms with Crippen LogP contribution in [0.1, 0.15) is 62.9 Å². The van der Waals surface area contributed by atoms with Crippen molar-refractivity contribution in [3.63, 3.8) is 0 Å². The number of aromatic nitrogens is 1. The number of urea groups is 1. The maximum atomic E-state index is 11.2. The SMILES string of the molecule is C[C@]12CCc3nc(Nc4cccc(O)c4)sc3C1=CC[C@@H]1[C@@H]2CC[C@]2(C)/C(=N/NC(N)=O)CC[C@@H]12. The Labute approximate surface area is 209 Å². The fourth-order valence-corrected chi connectivity index (χ4v) is 8.94. The molecule has 0 bridgehead atoms. The van der Waals surface area contributed by atoms with E-state index in [0.717, 1.165) is 55.1 Å². The first-order chi connectivity index (χ1) is 16.8. The highest BCUT2D eigenvalue weighted by atomic mass is 32.1. The molecule has 1 aromatic heterocycles. The van der Waals surface area contributed by atoms with Crippen LogP contribution >= 0.6 is 11.3 Å². The largest absolute Gasteiger partial charge is 0.508 e. The van der Waals surface area contributed by atoms with Crippen molar-refractivity contribution in [1.82, 2.24) is 10.4 Å². The fourth-order valence-electron chi connectivity index (χ4n) is 7.73. The molecule has 0 aliphatic heterocycles. The topological polar surface area (TPSA) is 113 Å². The van der Waals surface area contributed by atoms with Gasteiger partial charge in [-0.25, -0.2) is 15.2 Å². The van der Waals surface area contributed by atoms with Gasteiger partial charge in [0.15, 0.2) is 5.13 Å². The molecule has 2 fully saturated rings. The van der Waals surface area contributed by atoms with E-state index in [1.165, 1.54) is 22.6 Å². The number of nitrogens with zero attached hydrogens (tertiary/aromatic N) is 2. The van der Waals surface area contributed by atoms with Crippen molar-refractivity contribution in [1.29, 1.82) is 0 Å². The summed E-state index contributed by atoms with van der Waals surface area (Å²) in [4.78, 5) is 17.5. The Morgan fingerprint density at radius 2 is 2.03 bits per heavy atom. The van der Waals surface area contributed by atoms with E-state index in [-0.39, 0.29) is 16.6 Å². The molecule has 8 heteroatoms. The number of phenols is 1. The lowest BCUT2D eigenvalue weighted by Gasteiger charge is -2.56. The molecule has 1 heterocycles. The number of benzene rings is 1. The number of hydrogen-bond donors (Lipinski definition) is 4. The van der Waals surface area contributed by atoms with Gasteiger partial charge in [0, 0.05) is 22.9 Å². The van der Waals surface area contributed by atoms with Crippen LogP contribution in [0.15, 0.2) is 35.4 Å². The van der Waals surface area contributed by atoms with Crippen molar-refractivity contribution >= 4 is 39.5 Å². The molecule has 6 rings (SSSR count). The Kier molecular flexibility index (Phi) is 5.22. The van der Waals surface area contributed by atoms with Gasteiger partial charge in [0.25, 0.3) is 0 Å². The molecule has 2 amide bonds. The standard InChI is InChI=1S/C27H33N5O2S/c1-26-13-11-21-23(35-25(30-21)29-15-4-3-5-16(33)14-15)20(26)7-6-17-18-8-9-22(31-32-24(28)34)27(18,2)12-10-19(17)26/h3-5,7,14,17-19,33H,6,8-13H2,1-2H3,(H,29,30)(H3,28,32,34)/b31-22+/t17-,18-,19-,26+,27-/m0/s1. The fraction of sp³-hybridized carbons (Fsp3) is 0.519. The summed E-state index contributed by atoms with van der Waals surface area (Å²) in [6.07, 6.45) is 10.1. The third-order valence-corrected chi connectivity index (χ3v) is 10.5. The smallest absolute Gasteiger partial charge is 0.332 e. The Bertz CT molecular complexity index is 1250. The molecular weight excluding hydrogens is 458 g/mol. The van der Waals surface area contributed by atoms with Crippen LogP contribution in [-0.4, -0.2) is 21.8 Å². The van der Waals surface area contributed by atoms with Gasteiger partial charge >= 0.3 is 6.03 Å². The van der Waals surface area contributed by atoms with Crippen LogP contribution in [0, 0.1) is 28.6 Å². The zero-order valence-corrected chi connectivity index (χ0v) is 21.1. The van der Waals surface area contributed by atoms with Crippen molar-refractivity contribution in [3.8, 4) is 5.75 Å². The number of hydrazone groups is 1. The number of hydrogen-bond acceptors (Lipinski definition) is 6. The molecule has 2 aromatic rings. The summed E-state index contributed by atoms with van der Waals surface area (Å²) in [5.41, 5.74) is 12.7. The normalized spacial score (nSPS) is 34.3. The number of primary amides is 1. The lowest BCUT2D eigenvalue weighted by molar-refractivity contribution is 0.0116. The van der Waals surface area contributed by atoms with Crippen molar-refractivity contribution in [2.75, 3.05) is 5.32 Å². The monoisotopic (exact) mass is 491 g/mol. The van der Waals surface area contributed by atoms with E-state index >= 15 is 0 Å². The van der Waals surface area contributed by atoms with Gasteiger partial charge in [-0.1, -0.05) is 37.3 Å². The maximum absolute atomic E-state index is 11.2. The number of fused-ring (bicyclic) bond motifs is 7. The van der Waals surface area contributed by atoms with Crippen molar-refractivity contribution < 1.29 is 9.90 Å². The lowest BCUT2D eigenvalue weighted by Crippen LogP contribution is -2.49. The number of carbonyl (C=O) groups excluding carboxylic acids is 1. The molecule has 4 aliphatic carbocycles. The maximum Gasteiger partial charge on any atom is 0.332 e. The number of nitrogens with one attached hydrogen (secondary N) is 2. The minimum Gasteiger partial charge on any atom is -0.508 e. The first-order valence-corrected chi connectivity index (χ1v) is 13.5. The summed E-state index contributed by atoms with van der Waals surface area (Å²) < 4.78 is 0. The molecule has 1 aromatic carbocycles. The molecule has 184 valence electrons. The minimum absolute atomic E-state index is 0.0496. The van der Waals surface area contributed by atoms with Gasteiger partial charge in [0.2, 0.25) is 0 Å². The van der Waals surface area contributed by atoms with E-state index in [9.17, 15) is 9.90 Å². The molecule has 7 nitrogen and oxygen atoms in total. The first kappa shape index (κ1) is 22.6. The van der Waals surface area contributed by atoms with E-state index in [1.54, 1.807) is 23.5 Å². The summed E-state index contributed by atoms with van der Waals surface area (Å²) in [6, 6.07) is 6.61. The minimum atomic E-state index is -0.587. The van der Waals surface area contributed by atoms with Crippen LogP contribution in [0.4, 0.5) is 15.6 Å². The molecule has 5 N–H and O–H groups in total. The molecule has 2 saturated carbocycles. The Balaban J connectivity index is 1.29. The van der Waals surface area contributed by atoms with E-state index in [0.29, 0.717) is 17.8 Å². The van der Waals surface area contributed by atoms with Crippen LogP contribution in [-0.2, 0) is 6.42 Å². The highest BCUT2D eigenvalue weighted by Gasteiger charge is 2.58. The number of phenolic OH excluding ortho intramolecular Hbond substituents is 1. The van der Waals surface area contributed by atoms with Crippen LogP contribution in [0.3, 0.4) is 0 Å². The van der Waals surface area contributed by atoms with Crippen LogP contribution < -0.4 is 16.5 Å². The number of aromatic hydroxyl groups is 1. The molecule has 0 radical (unpaired) electrons. The van der Waals surface area contributed by atoms with Crippen LogP contribution in [0.2, 0.25) is 0 Å². The van der Waals surface area contributed by atoms with E-state index in [4.69, 9.17) is 10.7 Å². The van der Waals surface area contributed by atoms with Gasteiger partial charge in [-0.15, -0.1) is 0 Å². The summed E-state index contributed by atoms with van der Waals surface area (Å²) >= 11 is 1.74. The number of aryl methyl sites for hydroxylation is 1. The zero-order chi connectivity index (χ0) is 24.4. The average Bonchev–Trinajstić information content (AvgIpc) is 3.37. The highest BCUT2D eigenvalue weighted by molar-refractivity contribution is 7.16. The van der Waals surface area contributed by atoms with Gasteiger partial charge < -0.3 is 16.2 Å². The second-order valence-corrected chi connectivity index (χ2v) is 12.1. The van der Waals surface area contributed by atoms with Crippen LogP contribution in [0.25, 0.3) is 5.57 Å². The predicted octanol–water partition coefficient (Wildman–Crippen LogP) is 5.80. The Hall–Kier alpha value is -2.87. The number of thiazole rings is 1. The van der Waals surface area contributed by atoms with Crippen molar-refractivity contribution in [2.24, 2.45) is 39.4 Å². The summed E-state index contributed by atoms with van der Waals surface area (Å²) in [5, 5.41) is 18.5. The third kappa shape index (κ3) is 3.56. The van der Waals surface area contributed by atoms with Gasteiger partial charge in [-0.3, -0.25) is 0 Å². The third-order valence-electron chi connectivity index (χ3n) is 9.43. The number of anilines is 2. The highest BCUT2D eigenvalue weighted by Crippen LogP contribution is 2.65. The number of nitrogens with two attached hydrogens (primary N) is 1. The molecule has 0 spiro atoms. The summed E-state index contributed by atoms with van der Waals surface area (Å²) in [7, 11) is 0. The van der Waals surface area contributed by atoms with Gasteiger partial charge in [-0.2, -0.15) is 5.10 Å². The van der Waals surface area contributed by atoms with Gasteiger partial charge in [0.05, 0.1) is 10.6 Å². The summed E-state index contributed by atoms with van der Waals surface area (Å²) in [5.74, 6) is 2.14. The first-order valence-electron chi connectivity index (χ1n) is 12.7. The average molecular weight is 492 g/mol. The van der Waals surface area contributed by atoms with Crippen LogP contribution in [0.5, 0.6) is 5.75 Å². The molecular formula is C27H33N5O2S. The molecule has 5 atom stereocenters. The van der Waals surface area contributed by atoms with E-state index < -0.39 is 6.03 Å². The summed E-state index contributed by atoms with van der Waals surface area (Å²) in [6.45, 7) is 4.84. The number of rotatable bonds is 3. The number of carbonyl (C=O) groups is 1. The van der Waals surface area contributed by atoms with Crippen molar-refractivity contribution in [2.45, 2.75) is 58.8 Å². The van der Waals surface area contributed by atoms with Crippen molar-refractivity contribution in [3.05, 3.63) is 40.9 Å². The number of allylic oxidation sites excluding steroid dienone is 2. The second kappa shape index (κ2) is 8.08. The second-order valence-electron chi connectivity index (χ2n) is 11.1. The zero-order valence-electron chi connectivity index (χ0n) is 20.3. The quantitative estimate of drug-likeness (QED) is 0.407. The molecule has 0 saturated heterocycles. The van der Waals surface area contributed by atoms with Gasteiger partial charge in [-0.05, 0) is 85.8 Å². The molecule has 35 heavy (non-hydrogen) atoms. The lowest BCUT2D eigenvalue weighted by atomic mass is 9.48. The van der Waals surface area contributed by atoms with Gasteiger partial charge in [0.1, 0.15) is 5.75 Å². The Morgan fingerprint density at radius 3 is 2.83 bits per heavy atom. The Morgan fingerprint density at radius 1 is 1.20 bits per heavy atom. The van der Waals surface area contributed by atoms with E-state index in [2.05, 4.69) is 35.8 Å². The number of amides is 2. The molecule has 0 unspecified atom stereocenters. The van der Waals surface area contributed by atoms with E-state index in [1.807, 2.05) is 12.1 Å².